The zero-order valence-electron chi connectivity index (χ0n) is 15.5. The van der Waals surface area contributed by atoms with Gasteiger partial charge < -0.3 is 14.2 Å². The molecule has 0 aromatic heterocycles. The van der Waals surface area contributed by atoms with Gasteiger partial charge in [-0.05, 0) is 25.7 Å². The van der Waals surface area contributed by atoms with Crippen LogP contribution in [0.5, 0.6) is 17.2 Å². The predicted octanol–water partition coefficient (Wildman–Crippen LogP) is 4.19. The van der Waals surface area contributed by atoms with Gasteiger partial charge in [0.15, 0.2) is 0 Å². The zero-order chi connectivity index (χ0) is 19.1. The van der Waals surface area contributed by atoms with Gasteiger partial charge in [0.25, 0.3) is 6.47 Å². The number of ether oxygens (including phenoxy) is 3. The summed E-state index contributed by atoms with van der Waals surface area (Å²) in [6.07, 6.45) is 9.70. The van der Waals surface area contributed by atoms with Crippen LogP contribution in [0.1, 0.15) is 64.2 Å². The number of benzene rings is 1. The van der Waals surface area contributed by atoms with Crippen molar-refractivity contribution in [2.24, 2.45) is 11.8 Å². The third-order valence-corrected chi connectivity index (χ3v) is 5.35. The molecule has 0 amide bonds. The molecule has 6 nitrogen and oxygen atoms in total. The third-order valence-electron chi connectivity index (χ3n) is 5.35. The summed E-state index contributed by atoms with van der Waals surface area (Å²) in [5.74, 6) is -0.187. The zero-order valence-corrected chi connectivity index (χ0v) is 15.5. The predicted molar refractivity (Wildman–Crippen MR) is 97.6 cm³/mol. The van der Waals surface area contributed by atoms with E-state index < -0.39 is 0 Å². The quantitative estimate of drug-likeness (QED) is 0.422. The maximum absolute atomic E-state index is 12.4. The molecule has 6 heteroatoms. The molecular weight excluding hydrogens is 348 g/mol. The van der Waals surface area contributed by atoms with Gasteiger partial charge in [-0.15, -0.1) is 0 Å². The lowest BCUT2D eigenvalue weighted by Gasteiger charge is -2.21. The van der Waals surface area contributed by atoms with Crippen LogP contribution in [0, 0.1) is 11.8 Å². The Morgan fingerprint density at radius 1 is 0.704 bits per heavy atom. The topological polar surface area (TPSA) is 78.9 Å². The Balaban J connectivity index is 1.70. The highest BCUT2D eigenvalue weighted by molar-refractivity contribution is 5.77. The second-order valence-corrected chi connectivity index (χ2v) is 7.37. The van der Waals surface area contributed by atoms with Crippen molar-refractivity contribution < 1.29 is 28.6 Å². The molecule has 2 aliphatic rings. The highest BCUT2D eigenvalue weighted by Crippen LogP contribution is 2.32. The van der Waals surface area contributed by atoms with Crippen LogP contribution in [0.25, 0.3) is 0 Å². The molecule has 0 N–H and O–H groups in total. The van der Waals surface area contributed by atoms with Crippen LogP contribution in [-0.2, 0) is 14.4 Å². The van der Waals surface area contributed by atoms with E-state index in [0.29, 0.717) is 0 Å². The maximum atomic E-state index is 12.4. The number of carbonyl (C=O) groups is 3. The van der Waals surface area contributed by atoms with E-state index in [9.17, 15) is 14.4 Å². The first-order valence-electron chi connectivity index (χ1n) is 9.84. The molecule has 146 valence electrons. The van der Waals surface area contributed by atoms with E-state index in [1.807, 2.05) is 0 Å². The lowest BCUT2D eigenvalue weighted by molar-refractivity contribution is -0.140. The Labute approximate surface area is 159 Å². The van der Waals surface area contributed by atoms with Gasteiger partial charge in [0.05, 0.1) is 11.8 Å². The summed E-state index contributed by atoms with van der Waals surface area (Å²) in [5, 5.41) is 0. The second kappa shape index (κ2) is 9.53. The van der Waals surface area contributed by atoms with Crippen molar-refractivity contribution in [3.05, 3.63) is 18.2 Å². The van der Waals surface area contributed by atoms with Gasteiger partial charge in [0.1, 0.15) is 17.2 Å². The molecular formula is C21H26O6. The number of rotatable bonds is 6. The van der Waals surface area contributed by atoms with Crippen LogP contribution in [0.2, 0.25) is 0 Å². The summed E-state index contributed by atoms with van der Waals surface area (Å²) in [6.45, 7) is 0.287. The van der Waals surface area contributed by atoms with E-state index in [-0.39, 0.29) is 47.5 Å². The molecule has 0 aliphatic heterocycles. The normalized spacial score (nSPS) is 18.5. The molecule has 2 fully saturated rings. The van der Waals surface area contributed by atoms with Crippen molar-refractivity contribution in [2.75, 3.05) is 0 Å². The van der Waals surface area contributed by atoms with E-state index >= 15 is 0 Å². The van der Waals surface area contributed by atoms with Crippen LogP contribution in [0.3, 0.4) is 0 Å². The molecule has 0 atom stereocenters. The fourth-order valence-corrected chi connectivity index (χ4v) is 3.86. The summed E-state index contributed by atoms with van der Waals surface area (Å²) in [4.78, 5) is 35.5. The van der Waals surface area contributed by atoms with Crippen molar-refractivity contribution in [3.8, 4) is 17.2 Å². The fourth-order valence-electron chi connectivity index (χ4n) is 3.86. The lowest BCUT2D eigenvalue weighted by atomic mass is 9.89. The van der Waals surface area contributed by atoms with E-state index in [0.717, 1.165) is 64.2 Å². The Hall–Kier alpha value is -2.37. The van der Waals surface area contributed by atoms with Gasteiger partial charge in [-0.1, -0.05) is 38.5 Å². The smallest absolute Gasteiger partial charge is 0.314 e. The monoisotopic (exact) mass is 374 g/mol. The van der Waals surface area contributed by atoms with E-state index in [2.05, 4.69) is 0 Å². The SMILES string of the molecule is O=COc1cc(OC(=O)C2CCCCC2)cc(OC(=O)C2CCCCC2)c1. The van der Waals surface area contributed by atoms with Gasteiger partial charge in [-0.3, -0.25) is 14.4 Å². The van der Waals surface area contributed by atoms with Crippen molar-refractivity contribution in [2.45, 2.75) is 64.2 Å². The van der Waals surface area contributed by atoms with Crippen LogP contribution >= 0.6 is 0 Å². The summed E-state index contributed by atoms with van der Waals surface area (Å²) in [7, 11) is 0. The Bertz CT molecular complexity index is 621. The van der Waals surface area contributed by atoms with Crippen LogP contribution in [0.4, 0.5) is 0 Å². The van der Waals surface area contributed by atoms with Gasteiger partial charge in [0.2, 0.25) is 0 Å². The minimum Gasteiger partial charge on any atom is -0.428 e. The average molecular weight is 374 g/mol. The molecule has 0 unspecified atom stereocenters. The summed E-state index contributed by atoms with van der Waals surface area (Å²) in [6, 6.07) is 4.40. The lowest BCUT2D eigenvalue weighted by Crippen LogP contribution is -2.23. The number of carbonyl (C=O) groups excluding carboxylic acids is 3. The van der Waals surface area contributed by atoms with E-state index in [1.54, 1.807) is 0 Å². The van der Waals surface area contributed by atoms with Crippen LogP contribution in [-0.4, -0.2) is 18.4 Å². The first kappa shape index (κ1) is 19.4. The van der Waals surface area contributed by atoms with Crippen LogP contribution in [0.15, 0.2) is 18.2 Å². The maximum Gasteiger partial charge on any atom is 0.314 e. The first-order chi connectivity index (χ1) is 13.2. The van der Waals surface area contributed by atoms with Gasteiger partial charge in [-0.25, -0.2) is 0 Å². The molecule has 2 aliphatic carbocycles. The standard InChI is InChI=1S/C21H26O6/c22-14-25-17-11-18(26-20(23)15-7-3-1-4-8-15)13-19(12-17)27-21(24)16-9-5-2-6-10-16/h11-16H,1-10H2. The van der Waals surface area contributed by atoms with Crippen LogP contribution < -0.4 is 14.2 Å². The highest BCUT2D eigenvalue weighted by atomic mass is 16.6. The fraction of sp³-hybridized carbons (Fsp3) is 0.571. The molecule has 0 bridgehead atoms. The Morgan fingerprint density at radius 3 is 1.52 bits per heavy atom. The van der Waals surface area contributed by atoms with Crippen molar-refractivity contribution in [3.63, 3.8) is 0 Å². The molecule has 1 aromatic rings. The van der Waals surface area contributed by atoms with Crippen molar-refractivity contribution in [1.29, 1.82) is 0 Å². The minimum atomic E-state index is -0.289. The molecule has 27 heavy (non-hydrogen) atoms. The Morgan fingerprint density at radius 2 is 1.11 bits per heavy atom. The average Bonchev–Trinajstić information content (AvgIpc) is 2.69. The Kier molecular flexibility index (Phi) is 6.85. The van der Waals surface area contributed by atoms with Crippen molar-refractivity contribution >= 4 is 18.4 Å². The molecule has 2 saturated carbocycles. The van der Waals surface area contributed by atoms with Gasteiger partial charge >= 0.3 is 11.9 Å². The number of hydrogen-bond donors (Lipinski definition) is 0. The highest BCUT2D eigenvalue weighted by Gasteiger charge is 2.25. The molecule has 0 heterocycles. The number of hydrogen-bond acceptors (Lipinski definition) is 6. The van der Waals surface area contributed by atoms with E-state index in [4.69, 9.17) is 14.2 Å². The summed E-state index contributed by atoms with van der Waals surface area (Å²) >= 11 is 0. The summed E-state index contributed by atoms with van der Waals surface area (Å²) < 4.78 is 15.8. The third kappa shape index (κ3) is 5.55. The molecule has 3 rings (SSSR count). The van der Waals surface area contributed by atoms with Gasteiger partial charge in [0, 0.05) is 18.2 Å². The first-order valence-corrected chi connectivity index (χ1v) is 9.84. The molecule has 0 radical (unpaired) electrons. The molecule has 0 saturated heterocycles. The van der Waals surface area contributed by atoms with Crippen molar-refractivity contribution in [1.82, 2.24) is 0 Å². The molecule has 0 spiro atoms. The summed E-state index contributed by atoms with van der Waals surface area (Å²) in [5.41, 5.74) is 0. The van der Waals surface area contributed by atoms with E-state index in [1.165, 1.54) is 18.2 Å². The molecule has 1 aromatic carbocycles. The van der Waals surface area contributed by atoms with Gasteiger partial charge in [-0.2, -0.15) is 0 Å². The minimum absolute atomic E-state index is 0.109. The number of esters is 2. The second-order valence-electron chi connectivity index (χ2n) is 7.37. The largest absolute Gasteiger partial charge is 0.428 e.